The summed E-state index contributed by atoms with van der Waals surface area (Å²) >= 11 is 1.29. The molecule has 2 rings (SSSR count). The van der Waals surface area contributed by atoms with Crippen LogP contribution in [0, 0.1) is 10.1 Å². The Labute approximate surface area is 112 Å². The third-order valence-electron chi connectivity index (χ3n) is 2.46. The van der Waals surface area contributed by atoms with Gasteiger partial charge in [-0.05, 0) is 18.4 Å². The quantitative estimate of drug-likeness (QED) is 0.523. The summed E-state index contributed by atoms with van der Waals surface area (Å²) in [5.74, 6) is -1.10. The minimum absolute atomic E-state index is 0.0768. The molecule has 0 unspecified atom stereocenters. The largest absolute Gasteiger partial charge is 0.478 e. The van der Waals surface area contributed by atoms with Gasteiger partial charge in [0.25, 0.3) is 0 Å². The Bertz CT molecular complexity index is 653. The first-order valence-electron chi connectivity index (χ1n) is 5.14. The molecule has 1 heterocycles. The van der Waals surface area contributed by atoms with Gasteiger partial charge in [-0.3, -0.25) is 10.1 Å². The average molecular weight is 279 g/mol. The first-order valence-corrected chi connectivity index (χ1v) is 6.36. The van der Waals surface area contributed by atoms with Crippen molar-refractivity contribution in [1.82, 2.24) is 9.78 Å². The first kappa shape index (κ1) is 13.1. The molecule has 0 atom stereocenters. The fraction of sp³-hybridized carbons (Fsp3) is 0.0909. The highest BCUT2D eigenvalue weighted by molar-refractivity contribution is 7.98. The Kier molecular flexibility index (Phi) is 3.52. The number of nitro groups is 1. The van der Waals surface area contributed by atoms with Gasteiger partial charge in [-0.1, -0.05) is 6.07 Å². The third kappa shape index (κ3) is 2.43. The number of rotatable bonds is 4. The number of hydrogen-bond donors (Lipinski definition) is 1. The minimum atomic E-state index is -1.10. The average Bonchev–Trinajstić information content (AvgIpc) is 2.87. The van der Waals surface area contributed by atoms with Crippen molar-refractivity contribution in [3.05, 3.63) is 46.3 Å². The van der Waals surface area contributed by atoms with Gasteiger partial charge in [-0.25, -0.2) is 9.48 Å². The zero-order valence-corrected chi connectivity index (χ0v) is 10.6. The molecule has 0 radical (unpaired) electrons. The molecule has 7 nitrogen and oxygen atoms in total. The molecule has 1 aromatic carbocycles. The maximum Gasteiger partial charge on any atom is 0.339 e. The number of carboxylic acids is 1. The second kappa shape index (κ2) is 5.11. The molecule has 0 spiro atoms. The lowest BCUT2D eigenvalue weighted by Gasteiger charge is -2.09. The van der Waals surface area contributed by atoms with Gasteiger partial charge in [0.1, 0.15) is 12.4 Å². The molecule has 19 heavy (non-hydrogen) atoms. The lowest BCUT2D eigenvalue weighted by Crippen LogP contribution is -2.07. The number of hydrogen-bond acceptors (Lipinski definition) is 5. The summed E-state index contributed by atoms with van der Waals surface area (Å²) in [6, 6.07) is 4.91. The monoisotopic (exact) mass is 279 g/mol. The highest BCUT2D eigenvalue weighted by atomic mass is 32.2. The van der Waals surface area contributed by atoms with E-state index in [0.29, 0.717) is 10.6 Å². The van der Waals surface area contributed by atoms with E-state index in [1.807, 2.05) is 0 Å². The molecule has 1 aromatic heterocycles. The maximum atomic E-state index is 11.3. The zero-order chi connectivity index (χ0) is 14.0. The fourth-order valence-corrected chi connectivity index (χ4v) is 2.25. The van der Waals surface area contributed by atoms with Crippen molar-refractivity contribution < 1.29 is 14.8 Å². The molecule has 0 saturated carbocycles. The molecule has 0 aliphatic rings. The summed E-state index contributed by atoms with van der Waals surface area (Å²) in [6.07, 6.45) is 4.03. The Morgan fingerprint density at radius 3 is 2.79 bits per heavy atom. The van der Waals surface area contributed by atoms with E-state index in [-0.39, 0.29) is 11.3 Å². The predicted octanol–water partition coefficient (Wildman–Crippen LogP) is 2.20. The van der Waals surface area contributed by atoms with Gasteiger partial charge in [0.05, 0.1) is 16.2 Å². The second-order valence-corrected chi connectivity index (χ2v) is 4.41. The van der Waals surface area contributed by atoms with Crippen LogP contribution in [0.5, 0.6) is 0 Å². The number of aromatic nitrogens is 2. The van der Waals surface area contributed by atoms with Crippen LogP contribution in [-0.2, 0) is 0 Å². The molecular weight excluding hydrogens is 270 g/mol. The van der Waals surface area contributed by atoms with Crippen LogP contribution in [0.25, 0.3) is 5.69 Å². The van der Waals surface area contributed by atoms with E-state index in [2.05, 4.69) is 5.10 Å². The molecule has 8 heteroatoms. The molecule has 0 aliphatic heterocycles. The molecule has 0 saturated heterocycles. The van der Waals surface area contributed by atoms with Crippen LogP contribution in [0.4, 0.5) is 5.69 Å². The standard InChI is InChI=1S/C11H9N3O4S/c1-19-9-4-2-3-8(10(9)11(15)16)13-6-7(5-12-13)14(17)18/h2-6H,1H3,(H,15,16). The van der Waals surface area contributed by atoms with Crippen molar-refractivity contribution >= 4 is 23.4 Å². The maximum absolute atomic E-state index is 11.3. The van der Waals surface area contributed by atoms with Crippen molar-refractivity contribution in [3.63, 3.8) is 0 Å². The van der Waals surface area contributed by atoms with E-state index in [0.717, 1.165) is 6.20 Å². The van der Waals surface area contributed by atoms with Crippen LogP contribution in [0.1, 0.15) is 10.4 Å². The van der Waals surface area contributed by atoms with Crippen LogP contribution >= 0.6 is 11.8 Å². The summed E-state index contributed by atoms with van der Waals surface area (Å²) in [5.41, 5.74) is 0.186. The van der Waals surface area contributed by atoms with Crippen molar-refractivity contribution in [1.29, 1.82) is 0 Å². The third-order valence-corrected chi connectivity index (χ3v) is 3.24. The summed E-state index contributed by atoms with van der Waals surface area (Å²) in [4.78, 5) is 21.9. The van der Waals surface area contributed by atoms with Crippen molar-refractivity contribution in [2.75, 3.05) is 6.26 Å². The fourth-order valence-electron chi connectivity index (χ4n) is 1.63. The van der Waals surface area contributed by atoms with Crippen LogP contribution in [-0.4, -0.2) is 32.0 Å². The van der Waals surface area contributed by atoms with E-state index in [4.69, 9.17) is 0 Å². The summed E-state index contributed by atoms with van der Waals surface area (Å²) in [6.45, 7) is 0. The number of aromatic carboxylic acids is 1. The normalized spacial score (nSPS) is 10.4. The molecular formula is C11H9N3O4S. The van der Waals surface area contributed by atoms with Gasteiger partial charge in [0, 0.05) is 4.90 Å². The number of thioether (sulfide) groups is 1. The number of nitrogens with zero attached hydrogens (tertiary/aromatic N) is 3. The molecule has 98 valence electrons. The van der Waals surface area contributed by atoms with Gasteiger partial charge in [-0.15, -0.1) is 11.8 Å². The molecule has 0 fully saturated rings. The van der Waals surface area contributed by atoms with E-state index >= 15 is 0 Å². The van der Waals surface area contributed by atoms with E-state index in [1.54, 1.807) is 24.5 Å². The number of benzene rings is 1. The number of carboxylic acid groups (broad SMARTS) is 1. The van der Waals surface area contributed by atoms with Crippen LogP contribution in [0.3, 0.4) is 0 Å². The van der Waals surface area contributed by atoms with E-state index in [9.17, 15) is 20.0 Å². The topological polar surface area (TPSA) is 98.3 Å². The van der Waals surface area contributed by atoms with Gasteiger partial charge in [0.15, 0.2) is 0 Å². The highest BCUT2D eigenvalue weighted by Gasteiger charge is 2.18. The molecule has 2 aromatic rings. The second-order valence-electron chi connectivity index (χ2n) is 3.56. The smallest absolute Gasteiger partial charge is 0.339 e. The molecule has 0 aliphatic carbocycles. The summed E-state index contributed by atoms with van der Waals surface area (Å²) in [7, 11) is 0. The minimum Gasteiger partial charge on any atom is -0.478 e. The molecule has 1 N–H and O–H groups in total. The Morgan fingerprint density at radius 1 is 1.53 bits per heavy atom. The zero-order valence-electron chi connectivity index (χ0n) is 9.81. The number of carbonyl (C=O) groups is 1. The summed E-state index contributed by atoms with van der Waals surface area (Å²) < 4.78 is 1.20. The molecule has 0 bridgehead atoms. The highest BCUT2D eigenvalue weighted by Crippen LogP contribution is 2.26. The Hall–Kier alpha value is -2.35. The van der Waals surface area contributed by atoms with Crippen LogP contribution < -0.4 is 0 Å². The van der Waals surface area contributed by atoms with E-state index < -0.39 is 10.9 Å². The Morgan fingerprint density at radius 2 is 2.26 bits per heavy atom. The van der Waals surface area contributed by atoms with Gasteiger partial charge >= 0.3 is 11.7 Å². The predicted molar refractivity (Wildman–Crippen MR) is 69.0 cm³/mol. The van der Waals surface area contributed by atoms with Crippen molar-refractivity contribution in [2.45, 2.75) is 4.90 Å². The van der Waals surface area contributed by atoms with Crippen molar-refractivity contribution in [2.24, 2.45) is 0 Å². The van der Waals surface area contributed by atoms with Crippen LogP contribution in [0.15, 0.2) is 35.5 Å². The first-order chi connectivity index (χ1) is 9.04. The Balaban J connectivity index is 2.60. The van der Waals surface area contributed by atoms with Gasteiger partial charge in [0.2, 0.25) is 0 Å². The van der Waals surface area contributed by atoms with E-state index in [1.165, 1.54) is 22.6 Å². The molecule has 0 amide bonds. The SMILES string of the molecule is CSc1cccc(-n2cc([N+](=O)[O-])cn2)c1C(=O)O. The van der Waals surface area contributed by atoms with Crippen molar-refractivity contribution in [3.8, 4) is 5.69 Å². The van der Waals surface area contributed by atoms with Gasteiger partial charge in [-0.2, -0.15) is 5.10 Å². The van der Waals surface area contributed by atoms with Crippen LogP contribution in [0.2, 0.25) is 0 Å². The lowest BCUT2D eigenvalue weighted by molar-refractivity contribution is -0.384. The van der Waals surface area contributed by atoms with Gasteiger partial charge < -0.3 is 5.11 Å². The lowest BCUT2D eigenvalue weighted by atomic mass is 10.2. The summed E-state index contributed by atoms with van der Waals surface area (Å²) in [5, 5.41) is 23.7.